The number of carboxylic acids is 10. The minimum Gasteiger partial charge on any atom is -0.496 e. The molecule has 12 aromatic rings. The van der Waals surface area contributed by atoms with Crippen LogP contribution in [0, 0.1) is 5.82 Å². The van der Waals surface area contributed by atoms with E-state index in [2.05, 4.69) is 38.5 Å². The Morgan fingerprint density at radius 3 is 0.876 bits per heavy atom. The molecular weight excluding hydrogens is 1780 g/mol. The maximum Gasteiger partial charge on any atom is 0.336 e. The van der Waals surface area contributed by atoms with E-state index in [4.69, 9.17) is 56.4 Å². The molecule has 0 radical (unpaired) electrons. The molecule has 0 heterocycles. The number of ether oxygens (including phenoxy) is 1. The monoisotopic (exact) mass is 1870 g/mol. The number of nitrogens with one attached hydrogen (secondary N) is 6. The molecule has 702 valence electrons. The third-order valence-corrected chi connectivity index (χ3v) is 19.5. The van der Waals surface area contributed by atoms with E-state index in [-0.39, 0.29) is 116 Å². The van der Waals surface area contributed by atoms with Crippen LogP contribution < -0.4 is 42.4 Å². The molecule has 12 aromatic carbocycles. The van der Waals surface area contributed by atoms with Gasteiger partial charge in [-0.2, -0.15) is 0 Å². The number of aromatic carboxylic acids is 8. The van der Waals surface area contributed by atoms with Crippen LogP contribution in [0.15, 0.2) is 292 Å². The summed E-state index contributed by atoms with van der Waals surface area (Å²) in [7, 11) is 1.39. The average Bonchev–Trinajstić information content (AvgIpc) is 0.764. The quantitative estimate of drug-likeness (QED) is 0.0182. The number of hydrogen-bond donors (Lipinski definition) is 17. The van der Waals surface area contributed by atoms with Gasteiger partial charge < -0.3 is 93.4 Å². The van der Waals surface area contributed by atoms with Gasteiger partial charge in [-0.05, 0) is 156 Å². The number of benzene rings is 12. The van der Waals surface area contributed by atoms with Gasteiger partial charge in [-0.1, -0.05) is 188 Å². The van der Waals surface area contributed by atoms with Gasteiger partial charge in [0.1, 0.15) is 11.6 Å². The Labute approximate surface area is 779 Å². The highest BCUT2D eigenvalue weighted by molar-refractivity contribution is 6.09. The number of carbonyl (C=O) groups excluding carboxylic acids is 7. The number of aryl methyl sites for hydroxylation is 1. The molecule has 1 unspecified atom stereocenters. The molecule has 35 nitrogen and oxygen atoms in total. The molecule has 12 rings (SSSR count). The molecule has 7 amide bonds. The number of primary amides is 1. The van der Waals surface area contributed by atoms with Gasteiger partial charge in [0.2, 0.25) is 5.91 Å². The molecule has 0 fully saturated rings. The van der Waals surface area contributed by atoms with Gasteiger partial charge in [0.05, 0.1) is 85.0 Å². The number of nitrogens with two attached hydrogens (primary N) is 1. The van der Waals surface area contributed by atoms with Gasteiger partial charge >= 0.3 is 59.7 Å². The Bertz CT molecular complexity index is 6380. The van der Waals surface area contributed by atoms with Crippen LogP contribution in [0.5, 0.6) is 5.75 Å². The molecule has 1 atom stereocenters. The van der Waals surface area contributed by atoms with Crippen molar-refractivity contribution in [3.8, 4) is 5.75 Å². The van der Waals surface area contributed by atoms with Crippen molar-refractivity contribution in [1.82, 2.24) is 31.9 Å². The SMILES string of the molecule is C=C(C)c1ccc(CNC(=O)c2ccccc2C(=O)O)cc1.COc1cc(C(=O)O)ccc1CNC(=O)c1ccccc1C(=O)O.NC(=O)c1ccc(CNC(=O)c2ccccc2C(=O)O)cc1.O=C(O)CCc1ccc(CNC(=O)c2ccccc2C(=O)O)cc1.O=C(O)c1ccc(CNC(=O)c2ccccc2C(=O)O)c(F)c1.O=C(O)c1ccccc1C(=O)NC(C(=O)O)c1ccccc1. The Hall–Kier alpha value is -18.9. The molecule has 0 spiro atoms. The highest BCUT2D eigenvalue weighted by Crippen LogP contribution is 2.24. The topological polar surface area (TPSA) is 600 Å². The summed E-state index contributed by atoms with van der Waals surface area (Å²) >= 11 is 0. The number of amides is 7. The maximum absolute atomic E-state index is 13.8. The smallest absolute Gasteiger partial charge is 0.336 e. The lowest BCUT2D eigenvalue weighted by Gasteiger charge is -2.15. The van der Waals surface area contributed by atoms with Gasteiger partial charge in [0.15, 0.2) is 6.04 Å². The van der Waals surface area contributed by atoms with Crippen LogP contribution in [0.2, 0.25) is 0 Å². The summed E-state index contributed by atoms with van der Waals surface area (Å²) in [5, 5.41) is 106. The van der Waals surface area contributed by atoms with E-state index in [0.717, 1.165) is 39.5 Å². The van der Waals surface area contributed by atoms with Gasteiger partial charge in [-0.3, -0.25) is 38.4 Å². The van der Waals surface area contributed by atoms with E-state index >= 15 is 0 Å². The summed E-state index contributed by atoms with van der Waals surface area (Å²) in [5.41, 5.74) is 11.7. The molecule has 0 aliphatic carbocycles. The van der Waals surface area contributed by atoms with Crippen LogP contribution in [0.3, 0.4) is 0 Å². The largest absolute Gasteiger partial charge is 0.496 e. The number of hydrogen-bond acceptors (Lipinski definition) is 18. The number of carboxylic acid groups (broad SMARTS) is 10. The first-order chi connectivity index (χ1) is 65.3. The molecule has 0 aromatic heterocycles. The van der Waals surface area contributed by atoms with Crippen molar-refractivity contribution in [3.63, 3.8) is 0 Å². The number of aliphatic carboxylic acids is 2. The zero-order chi connectivity index (χ0) is 101. The number of allylic oxidation sites excluding steroid dienone is 1. The third-order valence-electron chi connectivity index (χ3n) is 19.5. The van der Waals surface area contributed by atoms with Gasteiger partial charge in [-0.25, -0.2) is 47.5 Å². The lowest BCUT2D eigenvalue weighted by molar-refractivity contribution is -0.139. The number of carbonyl (C=O) groups is 17. The highest BCUT2D eigenvalue weighted by atomic mass is 19.1. The van der Waals surface area contributed by atoms with Crippen molar-refractivity contribution in [2.45, 2.75) is 58.5 Å². The van der Waals surface area contributed by atoms with Gasteiger partial charge in [0, 0.05) is 55.8 Å². The highest BCUT2D eigenvalue weighted by Gasteiger charge is 2.27. The number of halogens is 1. The van der Waals surface area contributed by atoms with E-state index in [1.165, 1.54) is 141 Å². The van der Waals surface area contributed by atoms with Crippen molar-refractivity contribution < 1.29 is 142 Å². The van der Waals surface area contributed by atoms with E-state index in [1.807, 2.05) is 43.3 Å². The zero-order valence-corrected chi connectivity index (χ0v) is 72.6. The summed E-state index contributed by atoms with van der Waals surface area (Å²) in [6.07, 6.45) is 0.524. The van der Waals surface area contributed by atoms with E-state index in [0.29, 0.717) is 35.4 Å². The first-order valence-corrected chi connectivity index (χ1v) is 40.6. The Kier molecular flexibility index (Phi) is 40.0. The zero-order valence-electron chi connectivity index (χ0n) is 72.6. The van der Waals surface area contributed by atoms with Gasteiger partial charge in [0.25, 0.3) is 35.4 Å². The summed E-state index contributed by atoms with van der Waals surface area (Å²) in [6, 6.07) is 71.3. The minimum absolute atomic E-state index is 0.00219. The Morgan fingerprint density at radius 1 is 0.314 bits per heavy atom. The number of methoxy groups -OCH3 is 1. The van der Waals surface area contributed by atoms with E-state index in [1.54, 1.807) is 109 Å². The normalized spacial score (nSPS) is 10.3. The van der Waals surface area contributed by atoms with Crippen molar-refractivity contribution in [2.75, 3.05) is 7.11 Å². The lowest BCUT2D eigenvalue weighted by Crippen LogP contribution is -2.34. The first-order valence-electron chi connectivity index (χ1n) is 40.6. The van der Waals surface area contributed by atoms with E-state index in [9.17, 15) is 91.0 Å². The fourth-order valence-corrected chi connectivity index (χ4v) is 12.3. The third kappa shape index (κ3) is 32.3. The molecule has 36 heteroatoms. The van der Waals surface area contributed by atoms with Crippen LogP contribution in [-0.2, 0) is 48.7 Å². The lowest BCUT2D eigenvalue weighted by atomic mass is 10.0. The second kappa shape index (κ2) is 52.1. The summed E-state index contributed by atoms with van der Waals surface area (Å²) in [5.74, 6) is -15.8. The molecule has 0 aliphatic heterocycles. The van der Waals surface area contributed by atoms with Gasteiger partial charge in [-0.15, -0.1) is 0 Å². The van der Waals surface area contributed by atoms with Crippen LogP contribution in [0.1, 0.15) is 219 Å². The second-order valence-corrected chi connectivity index (χ2v) is 28.9. The molecule has 137 heavy (non-hydrogen) atoms. The predicted octanol–water partition coefficient (Wildman–Crippen LogP) is 13.2. The summed E-state index contributed by atoms with van der Waals surface area (Å²) in [6.45, 7) is 6.48. The van der Waals surface area contributed by atoms with Crippen molar-refractivity contribution >= 4 is 107 Å². The van der Waals surface area contributed by atoms with Crippen molar-refractivity contribution in [2.24, 2.45) is 5.73 Å². The standard InChI is InChI=1S/C18H17NO5.C18H17NO3.C17H15NO6.C16H12FNO5.C16H14N2O4.C16H13NO5/c20-16(21)10-9-12-5-7-13(8-6-12)11-19-17(22)14-3-1-2-4-15(14)18(23)24;1-12(2)14-9-7-13(8-10-14)11-19-17(20)15-5-3-4-6-16(15)18(21)22;1-24-14-8-10(16(20)21)6-7-11(14)9-18-15(19)12-4-2-3-5-13(12)17(22)23;17-13-7-9(15(20)21)5-6-10(13)8-18-14(19)11-3-1-2-4-12(11)16(22)23;17-14(19)11-7-5-10(6-8-11)9-18-15(20)12-3-1-2-4-13(12)16(21)22;18-14(11-8-4-5-9-12(11)15(19)20)17-13(16(21)22)10-6-2-1-3-7-10/h1-8H,9-11H2,(H,19,22)(H,20,21)(H,23,24);3-10H,1,11H2,2H3,(H,19,20)(H,21,22);2-8H,9H2,1H3,(H,18,19)(H,20,21)(H,22,23);1-7H,8H2,(H,18,19)(H,20,21)(H,22,23);1-8H,9H2,(H2,17,19)(H,18,20)(H,21,22);1-9,13H,(H,17,18)(H,19,20)(H,21,22). The minimum atomic E-state index is -1.25. The molecule has 0 saturated heterocycles. The van der Waals surface area contributed by atoms with Crippen molar-refractivity contribution in [1.29, 1.82) is 0 Å². The molecule has 18 N–H and O–H groups in total. The second-order valence-electron chi connectivity index (χ2n) is 28.9. The summed E-state index contributed by atoms with van der Waals surface area (Å²) in [4.78, 5) is 194. The molecule has 0 bridgehead atoms. The van der Waals surface area contributed by atoms with Crippen LogP contribution in [-0.4, -0.2) is 159 Å². The Morgan fingerprint density at radius 2 is 0.584 bits per heavy atom. The molecule has 0 aliphatic rings. The number of rotatable bonds is 33. The molecule has 0 saturated carbocycles. The molecular formula is C101H88FN7O28. The van der Waals surface area contributed by atoms with Crippen LogP contribution >= 0.6 is 0 Å². The van der Waals surface area contributed by atoms with E-state index < -0.39 is 113 Å². The average molecular weight is 1870 g/mol. The fourth-order valence-electron chi connectivity index (χ4n) is 12.3. The predicted molar refractivity (Wildman–Crippen MR) is 492 cm³/mol. The van der Waals surface area contributed by atoms with Crippen LogP contribution in [0.4, 0.5) is 4.39 Å². The fraction of sp³-hybridized carbons (Fsp3) is 0.0990. The Balaban J connectivity index is 0.000000224. The van der Waals surface area contributed by atoms with Crippen LogP contribution in [0.25, 0.3) is 5.57 Å². The maximum atomic E-state index is 13.8. The van der Waals surface area contributed by atoms with Crippen molar-refractivity contribution in [3.05, 3.63) is 425 Å². The first kappa shape index (κ1) is 105. The summed E-state index contributed by atoms with van der Waals surface area (Å²) < 4.78 is 18.9.